The molecule has 0 saturated heterocycles. The van der Waals surface area contributed by atoms with Crippen LogP contribution < -0.4 is 5.73 Å². The standard InChI is InChI=1S/C17H11N3O/c18-8-14-10-21-17(20)15(9-19)16(14)13-6-5-11-3-1-2-4-12(11)7-13/h1-7,10,16H,20H2. The molecule has 0 fully saturated rings. The van der Waals surface area contributed by atoms with Crippen LogP contribution >= 0.6 is 0 Å². The van der Waals surface area contributed by atoms with E-state index < -0.39 is 5.92 Å². The van der Waals surface area contributed by atoms with Gasteiger partial charge in [-0.25, -0.2) is 0 Å². The monoisotopic (exact) mass is 273 g/mol. The fraction of sp³-hybridized carbons (Fsp3) is 0.0588. The molecule has 100 valence electrons. The van der Waals surface area contributed by atoms with E-state index in [1.54, 1.807) is 0 Å². The van der Waals surface area contributed by atoms with E-state index in [-0.39, 0.29) is 11.5 Å². The highest BCUT2D eigenvalue weighted by Gasteiger charge is 2.28. The van der Waals surface area contributed by atoms with Gasteiger partial charge in [0.05, 0.1) is 17.6 Å². The van der Waals surface area contributed by atoms with Gasteiger partial charge in [-0.15, -0.1) is 0 Å². The molecule has 2 aromatic carbocycles. The molecule has 0 spiro atoms. The van der Waals surface area contributed by atoms with Crippen LogP contribution in [0.4, 0.5) is 0 Å². The maximum absolute atomic E-state index is 9.32. The largest absolute Gasteiger partial charge is 0.447 e. The lowest BCUT2D eigenvalue weighted by molar-refractivity contribution is 0.326. The number of nitrogens with zero attached hydrogens (tertiary/aromatic N) is 2. The highest BCUT2D eigenvalue weighted by molar-refractivity contribution is 5.83. The lowest BCUT2D eigenvalue weighted by Crippen LogP contribution is -2.16. The van der Waals surface area contributed by atoms with Gasteiger partial charge >= 0.3 is 0 Å². The fourth-order valence-corrected chi connectivity index (χ4v) is 2.50. The van der Waals surface area contributed by atoms with Gasteiger partial charge in [0.15, 0.2) is 0 Å². The average Bonchev–Trinajstić information content (AvgIpc) is 2.54. The first kappa shape index (κ1) is 12.8. The van der Waals surface area contributed by atoms with E-state index in [1.807, 2.05) is 42.5 Å². The molecule has 1 heterocycles. The SMILES string of the molecule is N#CC1=COC(N)=C(C#N)C1c1ccc2ccccc2c1. The normalized spacial score (nSPS) is 17.6. The second kappa shape index (κ2) is 5.03. The first-order valence-corrected chi connectivity index (χ1v) is 6.40. The number of fused-ring (bicyclic) bond motifs is 1. The van der Waals surface area contributed by atoms with Crippen molar-refractivity contribution >= 4 is 10.8 Å². The van der Waals surface area contributed by atoms with E-state index in [0.717, 1.165) is 16.3 Å². The Kier molecular flexibility index (Phi) is 3.06. The molecular formula is C17H11N3O. The predicted molar refractivity (Wildman–Crippen MR) is 78.3 cm³/mol. The van der Waals surface area contributed by atoms with Gasteiger partial charge in [0.1, 0.15) is 17.9 Å². The lowest BCUT2D eigenvalue weighted by atomic mass is 9.84. The van der Waals surface area contributed by atoms with E-state index in [1.165, 1.54) is 6.26 Å². The fourth-order valence-electron chi connectivity index (χ4n) is 2.50. The summed E-state index contributed by atoms with van der Waals surface area (Å²) in [5.41, 5.74) is 7.22. The van der Waals surface area contributed by atoms with Crippen molar-refractivity contribution in [3.05, 3.63) is 71.3 Å². The molecular weight excluding hydrogens is 262 g/mol. The molecule has 4 heteroatoms. The summed E-state index contributed by atoms with van der Waals surface area (Å²) in [6.07, 6.45) is 1.32. The number of hydrogen-bond acceptors (Lipinski definition) is 4. The molecule has 4 nitrogen and oxygen atoms in total. The summed E-state index contributed by atoms with van der Waals surface area (Å²) < 4.78 is 5.07. The Balaban J connectivity index is 2.19. The van der Waals surface area contributed by atoms with Gasteiger partial charge in [-0.05, 0) is 16.3 Å². The van der Waals surface area contributed by atoms with Gasteiger partial charge in [-0.3, -0.25) is 0 Å². The maximum atomic E-state index is 9.32. The molecule has 0 aromatic heterocycles. The number of allylic oxidation sites excluding steroid dienone is 2. The second-order valence-corrected chi connectivity index (χ2v) is 4.73. The number of nitrogens with two attached hydrogens (primary N) is 1. The molecule has 0 bridgehead atoms. The molecule has 1 unspecified atom stereocenters. The van der Waals surface area contributed by atoms with Crippen molar-refractivity contribution in [2.24, 2.45) is 5.73 Å². The van der Waals surface area contributed by atoms with Crippen molar-refractivity contribution in [2.45, 2.75) is 5.92 Å². The Labute approximate surface area is 122 Å². The van der Waals surface area contributed by atoms with Crippen LogP contribution in [0.15, 0.2) is 65.8 Å². The minimum absolute atomic E-state index is 0.0506. The van der Waals surface area contributed by atoms with Crippen LogP contribution in [0, 0.1) is 22.7 Å². The highest BCUT2D eigenvalue weighted by Crippen LogP contribution is 2.36. The summed E-state index contributed by atoms with van der Waals surface area (Å²) in [6.45, 7) is 0. The summed E-state index contributed by atoms with van der Waals surface area (Å²) in [7, 11) is 0. The smallest absolute Gasteiger partial charge is 0.204 e. The Hall–Kier alpha value is -3.24. The molecule has 2 N–H and O–H groups in total. The summed E-state index contributed by atoms with van der Waals surface area (Å²) in [5, 5.41) is 20.7. The second-order valence-electron chi connectivity index (χ2n) is 4.73. The minimum atomic E-state index is -0.474. The molecule has 2 aromatic rings. The Morgan fingerprint density at radius 1 is 1.00 bits per heavy atom. The van der Waals surface area contributed by atoms with Gasteiger partial charge in [-0.2, -0.15) is 10.5 Å². The predicted octanol–water partition coefficient (Wildman–Crippen LogP) is 3.05. The Morgan fingerprint density at radius 3 is 2.48 bits per heavy atom. The van der Waals surface area contributed by atoms with E-state index in [2.05, 4.69) is 12.1 Å². The summed E-state index contributed by atoms with van der Waals surface area (Å²) >= 11 is 0. The van der Waals surface area contributed by atoms with Gasteiger partial charge in [0.2, 0.25) is 5.88 Å². The first-order valence-electron chi connectivity index (χ1n) is 6.40. The molecule has 0 saturated carbocycles. The summed E-state index contributed by atoms with van der Waals surface area (Å²) in [5.74, 6) is -0.423. The molecule has 1 aliphatic rings. The lowest BCUT2D eigenvalue weighted by Gasteiger charge is -2.21. The average molecular weight is 273 g/mol. The Bertz CT molecular complexity index is 865. The van der Waals surface area contributed by atoms with Crippen molar-refractivity contribution in [3.63, 3.8) is 0 Å². The molecule has 0 radical (unpaired) electrons. The maximum Gasteiger partial charge on any atom is 0.204 e. The van der Waals surface area contributed by atoms with E-state index in [4.69, 9.17) is 10.5 Å². The van der Waals surface area contributed by atoms with Crippen molar-refractivity contribution < 1.29 is 4.74 Å². The topological polar surface area (TPSA) is 82.8 Å². The van der Waals surface area contributed by atoms with Crippen molar-refractivity contribution in [2.75, 3.05) is 0 Å². The number of benzene rings is 2. The third-order valence-electron chi connectivity index (χ3n) is 3.53. The molecule has 1 atom stereocenters. The molecule has 3 rings (SSSR count). The number of hydrogen-bond donors (Lipinski definition) is 1. The highest BCUT2D eigenvalue weighted by atomic mass is 16.5. The first-order chi connectivity index (χ1) is 10.2. The van der Waals surface area contributed by atoms with Crippen LogP contribution in [0.1, 0.15) is 11.5 Å². The van der Waals surface area contributed by atoms with Crippen molar-refractivity contribution in [3.8, 4) is 12.1 Å². The number of nitriles is 2. The van der Waals surface area contributed by atoms with Gasteiger partial charge in [-0.1, -0.05) is 42.5 Å². The van der Waals surface area contributed by atoms with Crippen LogP contribution in [0.25, 0.3) is 10.8 Å². The van der Waals surface area contributed by atoms with E-state index in [0.29, 0.717) is 5.57 Å². The van der Waals surface area contributed by atoms with Crippen LogP contribution in [-0.2, 0) is 4.74 Å². The van der Waals surface area contributed by atoms with Crippen LogP contribution in [-0.4, -0.2) is 0 Å². The summed E-state index contributed by atoms with van der Waals surface area (Å²) in [6, 6.07) is 17.9. The van der Waals surface area contributed by atoms with Crippen LogP contribution in [0.2, 0.25) is 0 Å². The minimum Gasteiger partial charge on any atom is -0.447 e. The van der Waals surface area contributed by atoms with Crippen molar-refractivity contribution in [1.82, 2.24) is 0 Å². The molecule has 1 aliphatic heterocycles. The van der Waals surface area contributed by atoms with E-state index in [9.17, 15) is 10.5 Å². The van der Waals surface area contributed by atoms with Crippen LogP contribution in [0.3, 0.4) is 0 Å². The van der Waals surface area contributed by atoms with Crippen molar-refractivity contribution in [1.29, 1.82) is 10.5 Å². The molecule has 0 aliphatic carbocycles. The number of rotatable bonds is 1. The van der Waals surface area contributed by atoms with Gasteiger partial charge in [0.25, 0.3) is 0 Å². The number of ether oxygens (including phenoxy) is 1. The zero-order chi connectivity index (χ0) is 14.8. The van der Waals surface area contributed by atoms with Gasteiger partial charge < -0.3 is 10.5 Å². The quantitative estimate of drug-likeness (QED) is 0.865. The Morgan fingerprint density at radius 2 is 1.76 bits per heavy atom. The zero-order valence-corrected chi connectivity index (χ0v) is 11.1. The van der Waals surface area contributed by atoms with Gasteiger partial charge in [0, 0.05) is 0 Å². The molecule has 21 heavy (non-hydrogen) atoms. The van der Waals surface area contributed by atoms with E-state index >= 15 is 0 Å². The third-order valence-corrected chi connectivity index (χ3v) is 3.53. The van der Waals surface area contributed by atoms with Crippen LogP contribution in [0.5, 0.6) is 0 Å². The molecule has 0 amide bonds. The zero-order valence-electron chi connectivity index (χ0n) is 11.1. The third kappa shape index (κ3) is 2.09. The summed E-state index contributed by atoms with van der Waals surface area (Å²) in [4.78, 5) is 0.